The molecule has 8 heteroatoms. The first-order chi connectivity index (χ1) is 16.0. The van der Waals surface area contributed by atoms with Crippen LogP contribution in [0.1, 0.15) is 40.7 Å². The van der Waals surface area contributed by atoms with E-state index in [1.54, 1.807) is 7.11 Å². The summed E-state index contributed by atoms with van der Waals surface area (Å²) in [5.74, 6) is 2.11. The molecule has 1 fully saturated rings. The zero-order valence-electron chi connectivity index (χ0n) is 19.2. The number of hydrogen-bond donors (Lipinski definition) is 0. The van der Waals surface area contributed by atoms with E-state index in [2.05, 4.69) is 14.5 Å². The number of rotatable bonds is 6. The third-order valence-corrected chi connectivity index (χ3v) is 6.54. The van der Waals surface area contributed by atoms with Crippen LogP contribution in [0.25, 0.3) is 5.65 Å². The molecule has 0 N–H and O–H groups in total. The number of imidazole rings is 1. The summed E-state index contributed by atoms with van der Waals surface area (Å²) in [6.45, 7) is 6.15. The van der Waals surface area contributed by atoms with Gasteiger partial charge >= 0.3 is 0 Å². The second-order valence-corrected chi connectivity index (χ2v) is 8.63. The van der Waals surface area contributed by atoms with Gasteiger partial charge in [0.2, 0.25) is 5.91 Å². The molecular weight excluding hydrogens is 416 g/mol. The Bertz CT molecular complexity index is 1310. The lowest BCUT2D eigenvalue weighted by Crippen LogP contribution is -2.30. The number of methoxy groups -OCH3 is 1. The van der Waals surface area contributed by atoms with Gasteiger partial charge in [0.05, 0.1) is 31.5 Å². The maximum atomic E-state index is 13.0. The van der Waals surface area contributed by atoms with Crippen molar-refractivity contribution in [2.45, 2.75) is 39.2 Å². The van der Waals surface area contributed by atoms with E-state index in [0.29, 0.717) is 19.5 Å². The van der Waals surface area contributed by atoms with Gasteiger partial charge in [-0.3, -0.25) is 4.79 Å². The van der Waals surface area contributed by atoms with Gasteiger partial charge < -0.3 is 14.2 Å². The number of nitrogens with zero attached hydrogens (tertiary/aromatic N) is 6. The highest BCUT2D eigenvalue weighted by Gasteiger charge is 2.29. The van der Waals surface area contributed by atoms with Gasteiger partial charge in [0.15, 0.2) is 5.65 Å². The lowest BCUT2D eigenvalue weighted by molar-refractivity contribution is -0.129. The summed E-state index contributed by atoms with van der Waals surface area (Å²) in [6, 6.07) is 9.74. The highest BCUT2D eigenvalue weighted by molar-refractivity contribution is 5.79. The number of amides is 1. The average Bonchev–Trinajstić information content (AvgIpc) is 3.54. The molecule has 1 aromatic carbocycles. The number of hydrogen-bond acceptors (Lipinski definition) is 5. The summed E-state index contributed by atoms with van der Waals surface area (Å²) in [6.07, 6.45) is 6.94. The van der Waals surface area contributed by atoms with Gasteiger partial charge in [0, 0.05) is 43.2 Å². The largest absolute Gasteiger partial charge is 0.497 e. The maximum Gasteiger partial charge on any atom is 0.227 e. The third-order valence-electron chi connectivity index (χ3n) is 6.54. The lowest BCUT2D eigenvalue weighted by Gasteiger charge is -2.17. The number of carbonyl (C=O) groups excluding carboxylic acids is 1. The average molecular weight is 445 g/mol. The summed E-state index contributed by atoms with van der Waals surface area (Å²) < 4.78 is 9.36. The van der Waals surface area contributed by atoms with Gasteiger partial charge in [-0.2, -0.15) is 5.10 Å². The Morgan fingerprint density at radius 3 is 2.85 bits per heavy atom. The predicted octanol–water partition coefficient (Wildman–Crippen LogP) is 3.16. The molecule has 3 aromatic heterocycles. The SMILES string of the molecule is COc1cccc(CC(=O)N2CCC(c3ccnc4c(Cn5ccnc5C)c(C)nn34)C2)c1. The van der Waals surface area contributed by atoms with Gasteiger partial charge in [-0.25, -0.2) is 14.5 Å². The molecule has 1 amide bonds. The van der Waals surface area contributed by atoms with Crippen LogP contribution < -0.4 is 4.74 Å². The van der Waals surface area contributed by atoms with Crippen LogP contribution >= 0.6 is 0 Å². The smallest absolute Gasteiger partial charge is 0.227 e. The second kappa shape index (κ2) is 8.69. The summed E-state index contributed by atoms with van der Waals surface area (Å²) >= 11 is 0. The molecule has 8 nitrogen and oxygen atoms in total. The van der Waals surface area contributed by atoms with E-state index in [1.807, 2.05) is 72.2 Å². The van der Waals surface area contributed by atoms with Gasteiger partial charge in [-0.05, 0) is 44.0 Å². The Labute approximate surface area is 192 Å². The summed E-state index contributed by atoms with van der Waals surface area (Å²) in [5.41, 5.74) is 5.01. The second-order valence-electron chi connectivity index (χ2n) is 8.63. The van der Waals surface area contributed by atoms with Crippen molar-refractivity contribution in [2.75, 3.05) is 20.2 Å². The fraction of sp³-hybridized carbons (Fsp3) is 0.360. The molecular formula is C25H28N6O2. The van der Waals surface area contributed by atoms with Crippen LogP contribution in [-0.4, -0.2) is 55.2 Å². The molecule has 1 atom stereocenters. The Hall–Kier alpha value is -3.68. The Morgan fingerprint density at radius 1 is 1.18 bits per heavy atom. The number of aryl methyl sites for hydroxylation is 2. The minimum Gasteiger partial charge on any atom is -0.497 e. The molecule has 0 aliphatic carbocycles. The summed E-state index contributed by atoms with van der Waals surface area (Å²) in [4.78, 5) is 23.9. The number of aromatic nitrogens is 5. The minimum atomic E-state index is 0.143. The van der Waals surface area contributed by atoms with Crippen molar-refractivity contribution in [1.29, 1.82) is 0 Å². The number of ether oxygens (including phenoxy) is 1. The zero-order chi connectivity index (χ0) is 22.9. The lowest BCUT2D eigenvalue weighted by atomic mass is 10.0. The van der Waals surface area contributed by atoms with Crippen molar-refractivity contribution >= 4 is 11.6 Å². The summed E-state index contributed by atoms with van der Waals surface area (Å²) in [7, 11) is 1.64. The molecule has 170 valence electrons. The predicted molar refractivity (Wildman–Crippen MR) is 124 cm³/mol. The van der Waals surface area contributed by atoms with Crippen LogP contribution in [0.5, 0.6) is 5.75 Å². The van der Waals surface area contributed by atoms with Crippen LogP contribution in [0.4, 0.5) is 0 Å². The minimum absolute atomic E-state index is 0.143. The van der Waals surface area contributed by atoms with Crippen LogP contribution in [-0.2, 0) is 17.8 Å². The molecule has 33 heavy (non-hydrogen) atoms. The zero-order valence-corrected chi connectivity index (χ0v) is 19.2. The summed E-state index contributed by atoms with van der Waals surface area (Å²) in [5, 5.41) is 4.83. The number of fused-ring (bicyclic) bond motifs is 1. The topological polar surface area (TPSA) is 77.5 Å². The normalized spacial score (nSPS) is 16.0. The molecule has 0 bridgehead atoms. The van der Waals surface area contributed by atoms with E-state index in [0.717, 1.165) is 52.7 Å². The van der Waals surface area contributed by atoms with Crippen LogP contribution in [0.2, 0.25) is 0 Å². The van der Waals surface area contributed by atoms with Gasteiger partial charge in [-0.1, -0.05) is 12.1 Å². The highest BCUT2D eigenvalue weighted by Crippen LogP contribution is 2.29. The Balaban J connectivity index is 1.35. The van der Waals surface area contributed by atoms with Gasteiger partial charge in [0.25, 0.3) is 0 Å². The first kappa shape index (κ1) is 21.2. The first-order valence-electron chi connectivity index (χ1n) is 11.2. The number of likely N-dealkylation sites (tertiary alicyclic amines) is 1. The van der Waals surface area contributed by atoms with Crippen molar-refractivity contribution in [3.63, 3.8) is 0 Å². The highest BCUT2D eigenvalue weighted by atomic mass is 16.5. The van der Waals surface area contributed by atoms with Crippen LogP contribution in [0.3, 0.4) is 0 Å². The van der Waals surface area contributed by atoms with Crippen molar-refractivity contribution in [2.24, 2.45) is 0 Å². The van der Waals surface area contributed by atoms with E-state index in [9.17, 15) is 4.79 Å². The first-order valence-corrected chi connectivity index (χ1v) is 11.2. The molecule has 0 saturated carbocycles. The van der Waals surface area contributed by atoms with Gasteiger partial charge in [-0.15, -0.1) is 0 Å². The number of carbonyl (C=O) groups is 1. The van der Waals surface area contributed by atoms with E-state index < -0.39 is 0 Å². The fourth-order valence-corrected chi connectivity index (χ4v) is 4.65. The molecule has 1 unspecified atom stereocenters. The standard InChI is InChI=1S/C25H28N6O2/c1-17-22(16-29-12-10-26-18(29)2)25-27-9-7-23(31(25)28-17)20-8-11-30(15-20)24(32)14-19-5-4-6-21(13-19)33-3/h4-7,9-10,12-13,20H,8,11,14-16H2,1-3H3. The van der Waals surface area contributed by atoms with E-state index in [1.165, 1.54) is 0 Å². The quantitative estimate of drug-likeness (QED) is 0.457. The fourth-order valence-electron chi connectivity index (χ4n) is 4.65. The molecule has 5 rings (SSSR count). The molecule has 1 aliphatic rings. The van der Waals surface area contributed by atoms with E-state index in [-0.39, 0.29) is 11.8 Å². The van der Waals surface area contributed by atoms with Crippen molar-refractivity contribution < 1.29 is 9.53 Å². The molecule has 1 aliphatic heterocycles. The Morgan fingerprint density at radius 2 is 2.06 bits per heavy atom. The van der Waals surface area contributed by atoms with Crippen molar-refractivity contribution in [3.05, 3.63) is 77.3 Å². The molecule has 1 saturated heterocycles. The molecule has 4 aromatic rings. The van der Waals surface area contributed by atoms with Gasteiger partial charge in [0.1, 0.15) is 11.6 Å². The maximum absolute atomic E-state index is 13.0. The molecule has 4 heterocycles. The third kappa shape index (κ3) is 4.08. The van der Waals surface area contributed by atoms with Crippen LogP contribution in [0, 0.1) is 13.8 Å². The number of benzene rings is 1. The van der Waals surface area contributed by atoms with Crippen molar-refractivity contribution in [3.8, 4) is 5.75 Å². The van der Waals surface area contributed by atoms with E-state index >= 15 is 0 Å². The monoisotopic (exact) mass is 444 g/mol. The van der Waals surface area contributed by atoms with Crippen LogP contribution in [0.15, 0.2) is 48.9 Å². The van der Waals surface area contributed by atoms with Crippen molar-refractivity contribution in [1.82, 2.24) is 29.0 Å². The molecule has 0 spiro atoms. The molecule has 0 radical (unpaired) electrons. The Kier molecular flexibility index (Phi) is 5.58. The van der Waals surface area contributed by atoms with E-state index in [4.69, 9.17) is 9.84 Å².